The van der Waals surface area contributed by atoms with Gasteiger partial charge in [-0.15, -0.1) is 0 Å². The minimum Gasteiger partial charge on any atom is -0.475 e. The predicted molar refractivity (Wildman–Crippen MR) is 209 cm³/mol. The number of halogens is 3. The Morgan fingerprint density at radius 1 is 0.983 bits per heavy atom. The van der Waals surface area contributed by atoms with E-state index >= 15 is 0 Å². The lowest BCUT2D eigenvalue weighted by Crippen LogP contribution is -2.50. The topological polar surface area (TPSA) is 213 Å². The zero-order chi connectivity index (χ0) is 42.2. The number of fused-ring (bicyclic) bond motifs is 1. The van der Waals surface area contributed by atoms with Crippen molar-refractivity contribution >= 4 is 46.3 Å². The zero-order valence-corrected chi connectivity index (χ0v) is 32.4. The van der Waals surface area contributed by atoms with Gasteiger partial charge >= 0.3 is 18.2 Å². The monoisotopic (exact) mass is 811 g/mol. The highest BCUT2D eigenvalue weighted by Gasteiger charge is 2.38. The molecule has 2 fully saturated rings. The largest absolute Gasteiger partial charge is 0.490 e. The van der Waals surface area contributed by atoms with Gasteiger partial charge in [-0.1, -0.05) is 24.3 Å². The van der Waals surface area contributed by atoms with Gasteiger partial charge < -0.3 is 30.5 Å². The van der Waals surface area contributed by atoms with Gasteiger partial charge in [-0.3, -0.25) is 24.6 Å². The number of nitrogens with one attached hydrogen (secondary N) is 3. The highest BCUT2D eigenvalue weighted by molar-refractivity contribution is 6.17. The third-order valence-corrected chi connectivity index (χ3v) is 9.77. The molecule has 3 amide bonds. The average Bonchev–Trinajstić information content (AvgIpc) is 3.56. The molecule has 2 aromatic heterocycles. The van der Waals surface area contributed by atoms with Crippen LogP contribution in [0, 0.1) is 11.8 Å². The number of nitrogens with two attached hydrogens (primary N) is 1. The summed E-state index contributed by atoms with van der Waals surface area (Å²) in [7, 11) is 0. The summed E-state index contributed by atoms with van der Waals surface area (Å²) in [4.78, 5) is 69.5. The van der Waals surface area contributed by atoms with Gasteiger partial charge in [0.2, 0.25) is 5.91 Å². The van der Waals surface area contributed by atoms with Crippen molar-refractivity contribution in [1.82, 2.24) is 20.5 Å². The Morgan fingerprint density at radius 2 is 1.62 bits per heavy atom. The minimum atomic E-state index is -5.08. The highest BCUT2D eigenvalue weighted by Crippen LogP contribution is 2.32. The number of alkyl halides is 3. The van der Waals surface area contributed by atoms with Crippen LogP contribution in [0.4, 0.5) is 29.5 Å². The third-order valence-electron chi connectivity index (χ3n) is 9.77. The van der Waals surface area contributed by atoms with Crippen molar-refractivity contribution in [2.45, 2.75) is 70.7 Å². The summed E-state index contributed by atoms with van der Waals surface area (Å²) in [6, 6.07) is 15.7. The van der Waals surface area contributed by atoms with E-state index in [1.807, 2.05) is 63.4 Å². The number of carboxylic acid groups (broad SMARTS) is 1. The van der Waals surface area contributed by atoms with Crippen molar-refractivity contribution < 1.29 is 46.9 Å². The molecular formula is C40H48F3N7O8. The van der Waals surface area contributed by atoms with E-state index in [0.717, 1.165) is 35.6 Å². The van der Waals surface area contributed by atoms with Crippen molar-refractivity contribution in [3.05, 3.63) is 76.7 Å². The Hall–Kier alpha value is -5.75. The average molecular weight is 812 g/mol. The van der Waals surface area contributed by atoms with Crippen LogP contribution in [0.5, 0.6) is 0 Å². The molecule has 1 aliphatic heterocycles. The van der Waals surface area contributed by atoms with Gasteiger partial charge in [-0.25, -0.2) is 19.5 Å². The Balaban J connectivity index is 0.000000839. The van der Waals surface area contributed by atoms with Crippen LogP contribution < -0.4 is 26.4 Å². The molecule has 1 aliphatic carbocycles. The van der Waals surface area contributed by atoms with E-state index in [1.54, 1.807) is 18.2 Å². The molecule has 4 aromatic rings. The predicted octanol–water partition coefficient (Wildman–Crippen LogP) is 5.15. The Morgan fingerprint density at radius 3 is 2.21 bits per heavy atom. The summed E-state index contributed by atoms with van der Waals surface area (Å²) in [6.07, 6.45) is -0.919. The summed E-state index contributed by atoms with van der Waals surface area (Å²) in [5.74, 6) is -2.88. The first-order chi connectivity index (χ1) is 27.4. The second kappa shape index (κ2) is 18.7. The normalized spacial score (nSPS) is 17.7. The molecule has 0 unspecified atom stereocenters. The van der Waals surface area contributed by atoms with Gasteiger partial charge in [0.05, 0.1) is 35.8 Å². The Bertz CT molecular complexity index is 2100. The number of aromatic amines is 2. The number of hydrogen-bond acceptors (Lipinski definition) is 10. The van der Waals surface area contributed by atoms with Crippen LogP contribution in [0.15, 0.2) is 65.6 Å². The second-order valence-electron chi connectivity index (χ2n) is 15.2. The van der Waals surface area contributed by atoms with E-state index in [2.05, 4.69) is 25.4 Å². The molecule has 6 N–H and O–H groups in total. The standard InChI is InChI=1S/C38H47N7O6.C2HF3O2/c1-38(2,3)51-37(49)41-22-25-6-10-27(11-7-25)35(47)45(29-13-14-30-32(21-29)42-43-34(30)46)36(48)31(39)20-24-4-8-26(9-5-24)28-12-15-33(40-23-28)44-16-18-50-19-17-44;3-2(4,5)1(6)7/h4-5,8-9,12-15,21,23,25,27,31H,6-7,10-11,16-20,22,39H2,1-3H3,(H,41,49)(H2,42,43,46);(H,6,7)/t25?,27?,31-;/m0./s1. The molecule has 18 heteroatoms. The van der Waals surface area contributed by atoms with Crippen molar-refractivity contribution in [3.63, 3.8) is 0 Å². The van der Waals surface area contributed by atoms with Gasteiger partial charge in [-0.2, -0.15) is 13.2 Å². The van der Waals surface area contributed by atoms with E-state index in [4.69, 9.17) is 25.1 Å². The summed E-state index contributed by atoms with van der Waals surface area (Å²) in [5, 5.41) is 15.7. The molecule has 312 valence electrons. The summed E-state index contributed by atoms with van der Waals surface area (Å²) < 4.78 is 42.5. The van der Waals surface area contributed by atoms with Crippen LogP contribution >= 0.6 is 0 Å². The molecule has 3 heterocycles. The number of rotatable bonds is 9. The van der Waals surface area contributed by atoms with E-state index in [9.17, 15) is 32.3 Å². The molecule has 15 nitrogen and oxygen atoms in total. The number of ether oxygens (including phenoxy) is 2. The lowest BCUT2D eigenvalue weighted by atomic mass is 9.81. The fraction of sp³-hybridized carbons (Fsp3) is 0.450. The molecule has 0 bridgehead atoms. The number of nitrogens with zero attached hydrogens (tertiary/aromatic N) is 3. The molecule has 58 heavy (non-hydrogen) atoms. The van der Waals surface area contributed by atoms with Crippen LogP contribution in [-0.4, -0.2) is 94.8 Å². The van der Waals surface area contributed by atoms with Crippen molar-refractivity contribution in [2.75, 3.05) is 42.6 Å². The van der Waals surface area contributed by atoms with Gasteiger partial charge in [0.25, 0.3) is 11.5 Å². The number of alkyl carbamates (subject to hydrolysis) is 1. The maximum Gasteiger partial charge on any atom is 0.490 e. The molecule has 0 spiro atoms. The van der Waals surface area contributed by atoms with E-state index in [-0.39, 0.29) is 23.8 Å². The summed E-state index contributed by atoms with van der Waals surface area (Å²) in [6.45, 7) is 8.93. The molecule has 2 aliphatic rings. The summed E-state index contributed by atoms with van der Waals surface area (Å²) in [5.41, 5.74) is 9.34. The minimum absolute atomic E-state index is 0.190. The highest BCUT2D eigenvalue weighted by atomic mass is 19.4. The van der Waals surface area contributed by atoms with Crippen molar-refractivity contribution in [1.29, 1.82) is 0 Å². The van der Waals surface area contributed by atoms with E-state index < -0.39 is 41.7 Å². The summed E-state index contributed by atoms with van der Waals surface area (Å²) >= 11 is 0. The smallest absolute Gasteiger partial charge is 0.475 e. The number of hydrogen-bond donors (Lipinski definition) is 5. The first-order valence-electron chi connectivity index (χ1n) is 18.9. The molecular weight excluding hydrogens is 763 g/mol. The van der Waals surface area contributed by atoms with Crippen molar-refractivity contribution in [2.24, 2.45) is 17.6 Å². The number of carbonyl (C=O) groups is 4. The number of amides is 3. The number of carbonyl (C=O) groups excluding carboxylic acids is 3. The lowest BCUT2D eigenvalue weighted by molar-refractivity contribution is -0.192. The number of pyridine rings is 1. The number of anilines is 2. The van der Waals surface area contributed by atoms with Gasteiger partial charge in [0.15, 0.2) is 0 Å². The molecule has 1 atom stereocenters. The molecule has 1 saturated carbocycles. The van der Waals surface area contributed by atoms with Gasteiger partial charge in [0, 0.05) is 37.3 Å². The van der Waals surface area contributed by atoms with Gasteiger partial charge in [0.1, 0.15) is 11.4 Å². The van der Waals surface area contributed by atoms with Crippen LogP contribution in [0.1, 0.15) is 52.0 Å². The van der Waals surface area contributed by atoms with Crippen molar-refractivity contribution in [3.8, 4) is 11.1 Å². The van der Waals surface area contributed by atoms with Crippen LogP contribution in [0.2, 0.25) is 0 Å². The van der Waals surface area contributed by atoms with Crippen LogP contribution in [0.25, 0.3) is 22.0 Å². The zero-order valence-electron chi connectivity index (χ0n) is 32.4. The first-order valence-corrected chi connectivity index (χ1v) is 18.9. The lowest BCUT2D eigenvalue weighted by Gasteiger charge is -2.32. The number of carboxylic acids is 1. The molecule has 1 saturated heterocycles. The number of benzene rings is 2. The number of morpholine rings is 1. The molecule has 6 rings (SSSR count). The van der Waals surface area contributed by atoms with Crippen LogP contribution in [0.3, 0.4) is 0 Å². The van der Waals surface area contributed by atoms with E-state index in [1.165, 1.54) is 4.90 Å². The Labute approximate surface area is 332 Å². The maximum atomic E-state index is 14.2. The SMILES string of the molecule is CC(C)(C)OC(=O)NCC1CCC(C(=O)N(C(=O)[C@@H](N)Cc2ccc(-c3ccc(N4CCOCC4)nc3)cc2)c2ccc3c(=O)[nH][nH]c3c2)CC1.O=C(O)C(F)(F)F. The number of H-pyrrole nitrogens is 2. The number of aliphatic carboxylic acids is 1. The maximum absolute atomic E-state index is 14.2. The third kappa shape index (κ3) is 11.7. The van der Waals surface area contributed by atoms with Gasteiger partial charge in [-0.05, 0) is 100 Å². The molecule has 2 aromatic carbocycles. The first kappa shape index (κ1) is 43.4. The quantitative estimate of drug-likeness (QED) is 0.149. The number of imide groups is 1. The van der Waals surface area contributed by atoms with Crippen LogP contribution in [-0.2, 0) is 30.3 Å². The number of aromatic nitrogens is 3. The Kier molecular flexibility index (Phi) is 14.0. The fourth-order valence-electron chi connectivity index (χ4n) is 6.74. The van der Waals surface area contributed by atoms with E-state index in [0.29, 0.717) is 62.0 Å². The second-order valence-corrected chi connectivity index (χ2v) is 15.2. The molecule has 0 radical (unpaired) electrons. The fourth-order valence-corrected chi connectivity index (χ4v) is 6.74.